The van der Waals surface area contributed by atoms with E-state index in [1.807, 2.05) is 0 Å². The summed E-state index contributed by atoms with van der Waals surface area (Å²) in [5, 5.41) is 20.1. The van der Waals surface area contributed by atoms with Crippen LogP contribution in [0, 0.1) is 22.7 Å². The first kappa shape index (κ1) is 15.8. The van der Waals surface area contributed by atoms with Gasteiger partial charge in [-0.05, 0) is 24.3 Å². The van der Waals surface area contributed by atoms with Gasteiger partial charge in [0.15, 0.2) is 0 Å². The largest absolute Gasteiger partial charge is 1.00 e. The van der Waals surface area contributed by atoms with Crippen molar-refractivity contribution in [2.24, 2.45) is 0 Å². The van der Waals surface area contributed by atoms with Crippen LogP contribution in [0.4, 0.5) is 5.69 Å². The molecule has 0 spiro atoms. The summed E-state index contributed by atoms with van der Waals surface area (Å²) < 4.78 is 4.99. The normalized spacial score (nSPS) is 7.94. The van der Waals surface area contributed by atoms with E-state index in [-0.39, 0.29) is 40.2 Å². The Morgan fingerprint density at radius 2 is 1.76 bits per heavy atom. The van der Waals surface area contributed by atoms with Crippen LogP contribution in [0.1, 0.15) is 0 Å². The van der Waals surface area contributed by atoms with E-state index in [4.69, 9.17) is 27.9 Å². The molecule has 0 aliphatic carbocycles. The second-order valence-electron chi connectivity index (χ2n) is 2.78. The monoisotopic (exact) mass is 253 g/mol. The Balaban J connectivity index is 0.00000256. The molecule has 0 atom stereocenters. The Bertz CT molecular complexity index is 469. The molecule has 0 amide bonds. The summed E-state index contributed by atoms with van der Waals surface area (Å²) in [7, 11) is 1.57. The number of hydrogen-bond donors (Lipinski definition) is 1. The molecule has 80 valence electrons. The standard InChI is InChI=1S/C11H9N3OS.Na/c1-15-10-4-2-9(3-5-10)14-11(16)8(6-12)7-13;/h2-5,14,16H,1H3;/q;+1/p-1. The van der Waals surface area contributed by atoms with E-state index in [1.165, 1.54) is 0 Å². The van der Waals surface area contributed by atoms with E-state index < -0.39 is 0 Å². The fourth-order valence-corrected chi connectivity index (χ4v) is 1.20. The van der Waals surface area contributed by atoms with Crippen LogP contribution in [-0.4, -0.2) is 7.11 Å². The van der Waals surface area contributed by atoms with Crippen molar-refractivity contribution in [1.82, 2.24) is 0 Å². The molecule has 0 aliphatic heterocycles. The van der Waals surface area contributed by atoms with Crippen LogP contribution in [0.3, 0.4) is 0 Å². The number of hydrogen-bond acceptors (Lipinski definition) is 5. The number of allylic oxidation sites excluding steroid dienone is 1. The van der Waals surface area contributed by atoms with Crippen molar-refractivity contribution in [3.05, 3.63) is 34.9 Å². The molecule has 0 aliphatic rings. The third kappa shape index (κ3) is 4.64. The molecule has 1 N–H and O–H groups in total. The summed E-state index contributed by atoms with van der Waals surface area (Å²) >= 11 is 4.89. The van der Waals surface area contributed by atoms with Gasteiger partial charge < -0.3 is 22.7 Å². The van der Waals surface area contributed by atoms with Gasteiger partial charge in [-0.2, -0.15) is 10.5 Å². The molecular formula is C11H8N3NaOS. The van der Waals surface area contributed by atoms with E-state index in [9.17, 15) is 0 Å². The minimum absolute atomic E-state index is 0. The first-order valence-corrected chi connectivity index (χ1v) is 4.74. The maximum atomic E-state index is 8.60. The van der Waals surface area contributed by atoms with Gasteiger partial charge in [0.1, 0.15) is 23.5 Å². The molecule has 0 unspecified atom stereocenters. The molecule has 0 bridgehead atoms. The molecule has 6 heteroatoms. The molecule has 0 saturated carbocycles. The van der Waals surface area contributed by atoms with Gasteiger partial charge in [0.25, 0.3) is 0 Å². The molecular weight excluding hydrogens is 245 g/mol. The van der Waals surface area contributed by atoms with Crippen molar-refractivity contribution in [2.75, 3.05) is 12.4 Å². The van der Waals surface area contributed by atoms with Crippen molar-refractivity contribution in [3.63, 3.8) is 0 Å². The van der Waals surface area contributed by atoms with Gasteiger partial charge in [-0.25, -0.2) is 0 Å². The van der Waals surface area contributed by atoms with Gasteiger partial charge in [0.05, 0.1) is 7.11 Å². The van der Waals surface area contributed by atoms with Crippen molar-refractivity contribution < 1.29 is 34.3 Å². The fourth-order valence-electron chi connectivity index (χ4n) is 0.994. The molecule has 0 saturated heterocycles. The molecule has 0 aromatic heterocycles. The zero-order chi connectivity index (χ0) is 12.0. The second-order valence-corrected chi connectivity index (χ2v) is 3.19. The summed E-state index contributed by atoms with van der Waals surface area (Å²) in [5.74, 6) is 0.723. The molecule has 4 nitrogen and oxygen atoms in total. The van der Waals surface area contributed by atoms with E-state index in [0.29, 0.717) is 5.69 Å². The Morgan fingerprint density at radius 1 is 1.24 bits per heavy atom. The molecule has 0 fully saturated rings. The molecule has 17 heavy (non-hydrogen) atoms. The predicted octanol–water partition coefficient (Wildman–Crippen LogP) is -1.08. The van der Waals surface area contributed by atoms with E-state index in [1.54, 1.807) is 43.5 Å². The van der Waals surface area contributed by atoms with Crippen LogP contribution in [0.5, 0.6) is 5.75 Å². The van der Waals surface area contributed by atoms with Crippen molar-refractivity contribution in [2.45, 2.75) is 0 Å². The summed E-state index contributed by atoms with van der Waals surface area (Å²) in [6.07, 6.45) is 0. The molecule has 1 aromatic carbocycles. The smallest absolute Gasteiger partial charge is 0.760 e. The number of ether oxygens (including phenoxy) is 1. The van der Waals surface area contributed by atoms with Gasteiger partial charge in [-0.1, -0.05) is 5.03 Å². The van der Waals surface area contributed by atoms with Crippen LogP contribution in [0.2, 0.25) is 0 Å². The topological polar surface area (TPSA) is 68.8 Å². The van der Waals surface area contributed by atoms with Gasteiger partial charge in [-0.3, -0.25) is 0 Å². The number of methoxy groups -OCH3 is 1. The second kappa shape index (κ2) is 7.94. The first-order valence-electron chi connectivity index (χ1n) is 4.34. The van der Waals surface area contributed by atoms with Crippen LogP contribution in [-0.2, 0) is 12.6 Å². The Hall–Kier alpha value is -1.24. The molecule has 1 aromatic rings. The Labute approximate surface area is 128 Å². The van der Waals surface area contributed by atoms with Crippen LogP contribution >= 0.6 is 0 Å². The van der Waals surface area contributed by atoms with Gasteiger partial charge in [0.2, 0.25) is 0 Å². The van der Waals surface area contributed by atoms with E-state index in [2.05, 4.69) is 5.32 Å². The zero-order valence-electron chi connectivity index (χ0n) is 9.52. The minimum atomic E-state index is -0.106. The minimum Gasteiger partial charge on any atom is -0.760 e. The average Bonchev–Trinajstić information content (AvgIpc) is 2.31. The van der Waals surface area contributed by atoms with Crippen LogP contribution < -0.4 is 39.6 Å². The van der Waals surface area contributed by atoms with Gasteiger partial charge >= 0.3 is 29.6 Å². The fraction of sp³-hybridized carbons (Fsp3) is 0.0909. The maximum absolute atomic E-state index is 8.60. The number of anilines is 1. The van der Waals surface area contributed by atoms with Gasteiger partial charge in [-0.15, -0.1) is 0 Å². The summed E-state index contributed by atoms with van der Waals surface area (Å²) in [6, 6.07) is 10.4. The van der Waals surface area contributed by atoms with Crippen LogP contribution in [0.15, 0.2) is 34.9 Å². The number of nitriles is 2. The average molecular weight is 253 g/mol. The van der Waals surface area contributed by atoms with Crippen LogP contribution in [0.25, 0.3) is 0 Å². The maximum Gasteiger partial charge on any atom is 1.00 e. The van der Waals surface area contributed by atoms with Crippen molar-refractivity contribution in [3.8, 4) is 17.9 Å². The third-order valence-electron chi connectivity index (χ3n) is 1.80. The predicted molar refractivity (Wildman–Crippen MR) is 62.2 cm³/mol. The summed E-state index contributed by atoms with van der Waals surface area (Å²) in [6.45, 7) is 0. The summed E-state index contributed by atoms with van der Waals surface area (Å²) in [5.41, 5.74) is 0.597. The molecule has 0 heterocycles. The van der Waals surface area contributed by atoms with Gasteiger partial charge in [0, 0.05) is 5.69 Å². The number of nitrogens with zero attached hydrogens (tertiary/aromatic N) is 2. The van der Waals surface area contributed by atoms with Crippen molar-refractivity contribution in [1.29, 1.82) is 10.5 Å². The van der Waals surface area contributed by atoms with E-state index in [0.717, 1.165) is 5.75 Å². The number of benzene rings is 1. The number of nitrogens with one attached hydrogen (secondary N) is 1. The zero-order valence-corrected chi connectivity index (χ0v) is 12.3. The van der Waals surface area contributed by atoms with Crippen molar-refractivity contribution >= 4 is 18.3 Å². The Kier molecular flexibility index (Phi) is 7.36. The molecule has 0 radical (unpaired) electrons. The van der Waals surface area contributed by atoms with E-state index >= 15 is 0 Å². The molecule has 1 rings (SSSR count). The third-order valence-corrected chi connectivity index (χ3v) is 2.10. The first-order chi connectivity index (χ1) is 7.71. The quantitative estimate of drug-likeness (QED) is 0.421. The summed E-state index contributed by atoms with van der Waals surface area (Å²) in [4.78, 5) is 0. The SMILES string of the molecule is COc1ccc(NC([S-])=C(C#N)C#N)cc1.[Na+]. The Morgan fingerprint density at radius 3 is 2.18 bits per heavy atom. The number of rotatable bonds is 3.